The predicted molar refractivity (Wildman–Crippen MR) is 200 cm³/mol. The lowest BCUT2D eigenvalue weighted by Crippen LogP contribution is -2.09. The van der Waals surface area contributed by atoms with Gasteiger partial charge < -0.3 is 19.4 Å². The molecule has 244 valence electrons. The van der Waals surface area contributed by atoms with Crippen LogP contribution in [0.15, 0.2) is 170 Å². The van der Waals surface area contributed by atoms with Gasteiger partial charge in [-0.1, -0.05) is 91.0 Å². The number of rotatable bonds is 8. The molecule has 0 fully saturated rings. The van der Waals surface area contributed by atoms with E-state index in [4.69, 9.17) is 9.47 Å². The summed E-state index contributed by atoms with van der Waals surface area (Å²) in [7, 11) is 0. The molecule has 0 unspecified atom stereocenters. The lowest BCUT2D eigenvalue weighted by Gasteiger charge is -2.08. The highest BCUT2D eigenvalue weighted by Gasteiger charge is 2.13. The quantitative estimate of drug-likeness (QED) is 0.0977. The maximum Gasteiger partial charge on any atom is 0.343 e. The number of hydrogen-bond acceptors (Lipinski definition) is 4. The number of nitrogens with one attached hydrogen (secondary N) is 2. The van der Waals surface area contributed by atoms with Gasteiger partial charge in [0.05, 0.1) is 11.1 Å². The predicted octanol–water partition coefficient (Wildman–Crippen LogP) is 11.1. The van der Waals surface area contributed by atoms with E-state index in [2.05, 4.69) is 40.8 Å². The summed E-state index contributed by atoms with van der Waals surface area (Å²) < 4.78 is 11.1. The van der Waals surface area contributed by atoms with Crippen LogP contribution in [0.3, 0.4) is 0 Å². The normalized spacial score (nSPS) is 10.4. The Kier molecular flexibility index (Phi) is 10.1. The Hall–Kier alpha value is -6.66. The van der Waals surface area contributed by atoms with Crippen molar-refractivity contribution < 1.29 is 21.9 Å². The Morgan fingerprint density at radius 1 is 0.469 bits per heavy atom. The number of H-pyrrole nitrogens is 2. The molecule has 6 heteroatoms. The van der Waals surface area contributed by atoms with E-state index in [0.29, 0.717) is 22.6 Å². The van der Waals surface area contributed by atoms with Crippen molar-refractivity contribution >= 4 is 11.9 Å². The number of ether oxygens (including phenoxy) is 2. The zero-order valence-corrected chi connectivity index (χ0v) is 26.9. The maximum atomic E-state index is 12.8. The van der Waals surface area contributed by atoms with Crippen LogP contribution in [0.4, 0.5) is 0 Å². The molecule has 7 aromatic rings. The average Bonchev–Trinajstić information content (AvgIpc) is 3.85. The van der Waals surface area contributed by atoms with Crippen LogP contribution in [0.1, 0.15) is 30.5 Å². The minimum Gasteiger partial charge on any atom is -0.423 e. The zero-order valence-electron chi connectivity index (χ0n) is 26.9. The fourth-order valence-corrected chi connectivity index (χ4v) is 5.18. The van der Waals surface area contributed by atoms with Gasteiger partial charge in [0.15, 0.2) is 0 Å². The molecule has 2 aromatic heterocycles. The molecule has 6 nitrogen and oxygen atoms in total. The molecule has 0 aliphatic carbocycles. The highest BCUT2D eigenvalue weighted by atomic mass is 16.5. The van der Waals surface area contributed by atoms with Gasteiger partial charge >= 0.3 is 11.9 Å². The molecule has 0 aliphatic heterocycles. The Bertz CT molecular complexity index is 2000. The molecule has 0 aliphatic rings. The fourth-order valence-electron chi connectivity index (χ4n) is 5.18. The van der Waals surface area contributed by atoms with Crippen LogP contribution in [0.5, 0.6) is 11.5 Å². The number of carbonyl (C=O) groups excluding carboxylic acids is 2. The van der Waals surface area contributed by atoms with Crippen LogP contribution in [-0.2, 0) is 0 Å². The van der Waals surface area contributed by atoms with E-state index in [1.165, 1.54) is 0 Å². The second-order valence-corrected chi connectivity index (χ2v) is 11.1. The van der Waals surface area contributed by atoms with Gasteiger partial charge in [-0.15, -0.1) is 6.58 Å². The summed E-state index contributed by atoms with van der Waals surface area (Å²) in [5.74, 6) is -0.275. The second-order valence-electron chi connectivity index (χ2n) is 11.1. The standard InChI is InChI=1S/C40H28N2O4.C3H6.2H2/c43-39(31-15-11-29(12-16-31)37-25-23-35(41-37)27-7-3-1-4-8-27)45-33-19-21-34(22-20-33)46-40(44)32-17-13-30(14-18-32)38-26-24-36(42-38)28-9-5-2-6-10-28;1-3-2;;/h1-26,41-42H;3H,1H2,2H3;2*1H. The third kappa shape index (κ3) is 8.02. The molecule has 7 rings (SSSR count). The first kappa shape index (κ1) is 32.3. The van der Waals surface area contributed by atoms with Gasteiger partial charge in [0.2, 0.25) is 0 Å². The summed E-state index contributed by atoms with van der Waals surface area (Å²) in [6.45, 7) is 5.25. The topological polar surface area (TPSA) is 84.2 Å². The number of hydrogen-bond donors (Lipinski definition) is 2. The van der Waals surface area contributed by atoms with Gasteiger partial charge in [0.1, 0.15) is 11.5 Å². The van der Waals surface area contributed by atoms with Crippen LogP contribution >= 0.6 is 0 Å². The Labute approximate surface area is 288 Å². The van der Waals surface area contributed by atoms with E-state index >= 15 is 0 Å². The molecule has 0 radical (unpaired) electrons. The molecular formula is C43H38N2O4. The number of aromatic nitrogens is 2. The first-order valence-corrected chi connectivity index (χ1v) is 15.8. The monoisotopic (exact) mass is 646 g/mol. The third-order valence-electron chi connectivity index (χ3n) is 7.65. The Morgan fingerprint density at radius 3 is 1.06 bits per heavy atom. The Balaban J connectivity index is 0.00000113. The van der Waals surface area contributed by atoms with Crippen molar-refractivity contribution in [1.82, 2.24) is 9.97 Å². The third-order valence-corrected chi connectivity index (χ3v) is 7.65. The smallest absolute Gasteiger partial charge is 0.343 e. The average molecular weight is 647 g/mol. The summed E-state index contributed by atoms with van der Waals surface area (Å²) >= 11 is 0. The van der Waals surface area contributed by atoms with Crippen molar-refractivity contribution in [3.8, 4) is 56.5 Å². The number of allylic oxidation sites excluding steroid dienone is 1. The van der Waals surface area contributed by atoms with Gasteiger partial charge in [0.25, 0.3) is 0 Å². The molecule has 0 amide bonds. The lowest BCUT2D eigenvalue weighted by molar-refractivity contribution is 0.0719. The van der Waals surface area contributed by atoms with E-state index in [-0.39, 0.29) is 2.85 Å². The first-order chi connectivity index (χ1) is 24.0. The molecule has 0 atom stereocenters. The summed E-state index contributed by atoms with van der Waals surface area (Å²) in [6, 6.07) is 49.2. The molecule has 2 heterocycles. The minimum atomic E-state index is -0.481. The van der Waals surface area contributed by atoms with Gasteiger partial charge in [-0.3, -0.25) is 0 Å². The van der Waals surface area contributed by atoms with E-state index in [1.807, 2.05) is 91.9 Å². The molecule has 2 N–H and O–H groups in total. The largest absolute Gasteiger partial charge is 0.423 e. The highest BCUT2D eigenvalue weighted by molar-refractivity contribution is 5.92. The summed E-state index contributed by atoms with van der Waals surface area (Å²) in [5, 5.41) is 0. The van der Waals surface area contributed by atoms with Crippen LogP contribution in [-0.4, -0.2) is 21.9 Å². The van der Waals surface area contributed by atoms with E-state index in [0.717, 1.165) is 45.0 Å². The number of carbonyl (C=O) groups is 2. The van der Waals surface area contributed by atoms with Crippen molar-refractivity contribution in [2.24, 2.45) is 0 Å². The van der Waals surface area contributed by atoms with Crippen molar-refractivity contribution in [1.29, 1.82) is 0 Å². The first-order valence-electron chi connectivity index (χ1n) is 15.8. The number of aromatic amines is 2. The molecule has 0 spiro atoms. The molecule has 49 heavy (non-hydrogen) atoms. The van der Waals surface area contributed by atoms with E-state index < -0.39 is 11.9 Å². The van der Waals surface area contributed by atoms with E-state index in [1.54, 1.807) is 54.6 Å². The van der Waals surface area contributed by atoms with Crippen molar-refractivity contribution in [3.05, 3.63) is 182 Å². The second kappa shape index (κ2) is 15.3. The number of benzene rings is 5. The summed E-state index contributed by atoms with van der Waals surface area (Å²) in [6.07, 6.45) is 1.75. The zero-order chi connectivity index (χ0) is 34.0. The molecule has 0 bridgehead atoms. The molecule has 0 saturated heterocycles. The van der Waals surface area contributed by atoms with Gasteiger partial charge in [-0.05, 0) is 102 Å². The maximum absolute atomic E-state index is 12.8. The van der Waals surface area contributed by atoms with Gasteiger partial charge in [0, 0.05) is 25.6 Å². The minimum absolute atomic E-state index is 0. The van der Waals surface area contributed by atoms with Crippen LogP contribution in [0.2, 0.25) is 0 Å². The van der Waals surface area contributed by atoms with Crippen LogP contribution < -0.4 is 9.47 Å². The highest BCUT2D eigenvalue weighted by Crippen LogP contribution is 2.27. The van der Waals surface area contributed by atoms with Crippen LogP contribution in [0, 0.1) is 0 Å². The molecule has 5 aromatic carbocycles. The lowest BCUT2D eigenvalue weighted by atomic mass is 10.1. The molecule has 0 saturated carbocycles. The summed E-state index contributed by atoms with van der Waals surface area (Å²) in [4.78, 5) is 32.4. The van der Waals surface area contributed by atoms with E-state index in [9.17, 15) is 9.59 Å². The fraction of sp³-hybridized carbons (Fsp3) is 0.0233. The molecular weight excluding hydrogens is 608 g/mol. The number of esters is 2. The van der Waals surface area contributed by atoms with Crippen LogP contribution in [0.25, 0.3) is 45.0 Å². The summed E-state index contributed by atoms with van der Waals surface area (Å²) in [5.41, 5.74) is 8.94. The van der Waals surface area contributed by atoms with Gasteiger partial charge in [-0.25, -0.2) is 9.59 Å². The van der Waals surface area contributed by atoms with Crippen molar-refractivity contribution in [2.75, 3.05) is 0 Å². The Morgan fingerprint density at radius 2 is 0.755 bits per heavy atom. The van der Waals surface area contributed by atoms with Crippen molar-refractivity contribution in [3.63, 3.8) is 0 Å². The SMILES string of the molecule is C=CC.O=C(Oc1ccc(OC(=O)c2ccc(-c3ccc(-c4ccccc4)[nH]3)cc2)cc1)c1ccc(-c2ccc(-c3ccccc3)[nH]2)cc1.[HH].[HH]. The van der Waals surface area contributed by atoms with Crippen molar-refractivity contribution in [2.45, 2.75) is 6.92 Å². The van der Waals surface area contributed by atoms with Gasteiger partial charge in [-0.2, -0.15) is 0 Å².